The molecular formula is C17H19N3. The summed E-state index contributed by atoms with van der Waals surface area (Å²) in [5, 5.41) is 0. The molecule has 0 bridgehead atoms. The summed E-state index contributed by atoms with van der Waals surface area (Å²) in [5.41, 5.74) is 10.8. The molecule has 1 atom stereocenters. The fraction of sp³-hybridized carbons (Fsp3) is 0.235. The molecule has 102 valence electrons. The average molecular weight is 265 g/mol. The third kappa shape index (κ3) is 2.00. The summed E-state index contributed by atoms with van der Waals surface area (Å²) in [6.45, 7) is 4.74. The lowest BCUT2D eigenvalue weighted by molar-refractivity contribution is 0.591. The van der Waals surface area contributed by atoms with Crippen molar-refractivity contribution in [1.82, 2.24) is 9.55 Å². The average Bonchev–Trinajstić information content (AvgIpc) is 2.78. The molecule has 1 heterocycles. The van der Waals surface area contributed by atoms with Crippen LogP contribution in [0.3, 0.4) is 0 Å². The summed E-state index contributed by atoms with van der Waals surface area (Å²) in [6.07, 6.45) is 0. The van der Waals surface area contributed by atoms with Crippen LogP contribution in [0.2, 0.25) is 0 Å². The van der Waals surface area contributed by atoms with Gasteiger partial charge >= 0.3 is 0 Å². The molecule has 3 heteroatoms. The molecule has 1 aromatic heterocycles. The van der Waals surface area contributed by atoms with Crippen LogP contribution in [-0.4, -0.2) is 16.1 Å². The van der Waals surface area contributed by atoms with Crippen molar-refractivity contribution in [1.29, 1.82) is 0 Å². The molecule has 0 aliphatic carbocycles. The first-order valence-electron chi connectivity index (χ1n) is 6.91. The molecule has 0 radical (unpaired) electrons. The van der Waals surface area contributed by atoms with Gasteiger partial charge in [-0.25, -0.2) is 4.98 Å². The zero-order chi connectivity index (χ0) is 14.1. The first kappa shape index (κ1) is 12.9. The number of hydrogen-bond donors (Lipinski definition) is 1. The largest absolute Gasteiger partial charge is 0.328 e. The van der Waals surface area contributed by atoms with Gasteiger partial charge in [0, 0.05) is 6.54 Å². The molecule has 3 aromatic rings. The number of aryl methyl sites for hydroxylation is 2. The monoisotopic (exact) mass is 265 g/mol. The third-order valence-electron chi connectivity index (χ3n) is 3.85. The molecule has 0 aliphatic rings. The molecule has 2 N–H and O–H groups in total. The Labute approximate surface area is 119 Å². The highest BCUT2D eigenvalue weighted by atomic mass is 15.1. The van der Waals surface area contributed by atoms with Gasteiger partial charge in [0.15, 0.2) is 0 Å². The number of aromatic nitrogens is 2. The number of rotatable bonds is 3. The highest BCUT2D eigenvalue weighted by Crippen LogP contribution is 2.27. The fourth-order valence-electron chi connectivity index (χ4n) is 2.89. The topological polar surface area (TPSA) is 43.8 Å². The van der Waals surface area contributed by atoms with Gasteiger partial charge in [-0.1, -0.05) is 36.4 Å². The van der Waals surface area contributed by atoms with E-state index in [2.05, 4.69) is 46.8 Å². The molecule has 0 saturated carbocycles. The molecule has 2 aromatic carbocycles. The second-order valence-corrected chi connectivity index (χ2v) is 5.13. The van der Waals surface area contributed by atoms with E-state index in [9.17, 15) is 0 Å². The van der Waals surface area contributed by atoms with Crippen LogP contribution in [-0.2, 0) is 0 Å². The normalized spacial score (nSPS) is 12.8. The van der Waals surface area contributed by atoms with Crippen molar-refractivity contribution in [2.24, 2.45) is 5.73 Å². The highest BCUT2D eigenvalue weighted by molar-refractivity contribution is 5.76. The summed E-state index contributed by atoms with van der Waals surface area (Å²) < 4.78 is 2.25. The third-order valence-corrected chi connectivity index (χ3v) is 3.85. The lowest BCUT2D eigenvalue weighted by Crippen LogP contribution is -2.22. The second kappa shape index (κ2) is 5.10. The van der Waals surface area contributed by atoms with Crippen molar-refractivity contribution >= 4 is 11.0 Å². The number of para-hydroxylation sites is 2. The van der Waals surface area contributed by atoms with Crippen LogP contribution < -0.4 is 5.73 Å². The van der Waals surface area contributed by atoms with Crippen molar-refractivity contribution in [2.45, 2.75) is 19.9 Å². The van der Waals surface area contributed by atoms with Crippen LogP contribution in [0.15, 0.2) is 48.5 Å². The zero-order valence-corrected chi connectivity index (χ0v) is 11.9. The van der Waals surface area contributed by atoms with Crippen molar-refractivity contribution in [3.05, 3.63) is 65.5 Å². The highest BCUT2D eigenvalue weighted by Gasteiger charge is 2.18. The molecule has 1 unspecified atom stereocenters. The lowest BCUT2D eigenvalue weighted by Gasteiger charge is -2.21. The van der Waals surface area contributed by atoms with E-state index in [0.29, 0.717) is 6.54 Å². The molecular weight excluding hydrogens is 246 g/mol. The van der Waals surface area contributed by atoms with Crippen LogP contribution in [0.5, 0.6) is 0 Å². The number of imidazole rings is 1. The standard InChI is InChI=1S/C17H19N3/c1-12-7-3-4-8-14(12)17(11-18)20-13(2)19-15-9-5-6-10-16(15)20/h3-10,17H,11,18H2,1-2H3. The summed E-state index contributed by atoms with van der Waals surface area (Å²) >= 11 is 0. The smallest absolute Gasteiger partial charge is 0.107 e. The van der Waals surface area contributed by atoms with Gasteiger partial charge in [0.2, 0.25) is 0 Å². The Bertz CT molecular complexity index is 743. The Morgan fingerprint density at radius 2 is 1.75 bits per heavy atom. The maximum absolute atomic E-state index is 6.08. The molecule has 3 nitrogen and oxygen atoms in total. The number of hydrogen-bond acceptors (Lipinski definition) is 2. The van der Waals surface area contributed by atoms with Gasteiger partial charge in [0.1, 0.15) is 5.82 Å². The minimum Gasteiger partial charge on any atom is -0.328 e. The van der Waals surface area contributed by atoms with E-state index in [-0.39, 0.29) is 6.04 Å². The minimum atomic E-state index is 0.128. The first-order valence-corrected chi connectivity index (χ1v) is 6.91. The van der Waals surface area contributed by atoms with Crippen molar-refractivity contribution in [3.63, 3.8) is 0 Å². The number of nitrogens with zero attached hydrogens (tertiary/aromatic N) is 2. The predicted molar refractivity (Wildman–Crippen MR) is 82.8 cm³/mol. The Hall–Kier alpha value is -2.13. The van der Waals surface area contributed by atoms with Crippen molar-refractivity contribution in [3.8, 4) is 0 Å². The molecule has 20 heavy (non-hydrogen) atoms. The van der Waals surface area contributed by atoms with Gasteiger partial charge in [0.25, 0.3) is 0 Å². The Morgan fingerprint density at radius 3 is 2.50 bits per heavy atom. The first-order chi connectivity index (χ1) is 9.72. The van der Waals surface area contributed by atoms with Crippen LogP contribution in [0, 0.1) is 13.8 Å². The molecule has 0 spiro atoms. The molecule has 3 rings (SSSR count). The van der Waals surface area contributed by atoms with E-state index in [4.69, 9.17) is 5.73 Å². The molecule has 0 aliphatic heterocycles. The van der Waals surface area contributed by atoms with Gasteiger partial charge in [-0.15, -0.1) is 0 Å². The Balaban J connectivity index is 2.22. The van der Waals surface area contributed by atoms with Gasteiger partial charge in [-0.3, -0.25) is 0 Å². The van der Waals surface area contributed by atoms with E-state index in [0.717, 1.165) is 16.9 Å². The van der Waals surface area contributed by atoms with Crippen LogP contribution >= 0.6 is 0 Å². The molecule has 0 fully saturated rings. The fourth-order valence-corrected chi connectivity index (χ4v) is 2.89. The SMILES string of the molecule is Cc1ccccc1C(CN)n1c(C)nc2ccccc21. The molecule has 0 saturated heterocycles. The summed E-state index contributed by atoms with van der Waals surface area (Å²) in [5.74, 6) is 1.00. The predicted octanol–water partition coefficient (Wildman–Crippen LogP) is 3.20. The van der Waals surface area contributed by atoms with Crippen molar-refractivity contribution < 1.29 is 0 Å². The van der Waals surface area contributed by atoms with Crippen molar-refractivity contribution in [2.75, 3.05) is 6.54 Å². The Kier molecular flexibility index (Phi) is 3.28. The summed E-state index contributed by atoms with van der Waals surface area (Å²) in [6, 6.07) is 16.8. The minimum absolute atomic E-state index is 0.128. The molecule has 0 amide bonds. The van der Waals surface area contributed by atoms with Gasteiger partial charge in [0.05, 0.1) is 17.1 Å². The van der Waals surface area contributed by atoms with E-state index < -0.39 is 0 Å². The van der Waals surface area contributed by atoms with Gasteiger partial charge in [-0.2, -0.15) is 0 Å². The number of fused-ring (bicyclic) bond motifs is 1. The van der Waals surface area contributed by atoms with Crippen LogP contribution in [0.1, 0.15) is 23.0 Å². The van der Waals surface area contributed by atoms with E-state index in [1.807, 2.05) is 25.1 Å². The van der Waals surface area contributed by atoms with E-state index in [1.165, 1.54) is 11.1 Å². The summed E-state index contributed by atoms with van der Waals surface area (Å²) in [7, 11) is 0. The maximum atomic E-state index is 6.08. The number of benzene rings is 2. The van der Waals surface area contributed by atoms with Crippen LogP contribution in [0.4, 0.5) is 0 Å². The summed E-state index contributed by atoms with van der Waals surface area (Å²) in [4.78, 5) is 4.64. The van der Waals surface area contributed by atoms with Gasteiger partial charge < -0.3 is 10.3 Å². The van der Waals surface area contributed by atoms with E-state index >= 15 is 0 Å². The maximum Gasteiger partial charge on any atom is 0.107 e. The number of nitrogens with two attached hydrogens (primary N) is 1. The Morgan fingerprint density at radius 1 is 1.05 bits per heavy atom. The van der Waals surface area contributed by atoms with Crippen LogP contribution in [0.25, 0.3) is 11.0 Å². The van der Waals surface area contributed by atoms with Gasteiger partial charge in [-0.05, 0) is 37.1 Å². The van der Waals surface area contributed by atoms with E-state index in [1.54, 1.807) is 0 Å². The second-order valence-electron chi connectivity index (χ2n) is 5.13. The quantitative estimate of drug-likeness (QED) is 0.790. The lowest BCUT2D eigenvalue weighted by atomic mass is 10.0. The zero-order valence-electron chi connectivity index (χ0n) is 11.9.